The maximum atomic E-state index is 12.4. The minimum absolute atomic E-state index is 0.0156. The highest BCUT2D eigenvalue weighted by Gasteiger charge is 2.41. The van der Waals surface area contributed by atoms with Gasteiger partial charge in [0.15, 0.2) is 0 Å². The Morgan fingerprint density at radius 1 is 1.25 bits per heavy atom. The van der Waals surface area contributed by atoms with Gasteiger partial charge in [-0.1, -0.05) is 30.3 Å². The van der Waals surface area contributed by atoms with Crippen molar-refractivity contribution in [2.24, 2.45) is 0 Å². The zero-order valence-electron chi connectivity index (χ0n) is 14.7. The lowest BCUT2D eigenvalue weighted by atomic mass is 10.1. The number of amides is 1. The minimum Gasteiger partial charge on any atom is -0.467 e. The molecule has 6 heteroatoms. The standard InChI is InChI=1S/C18H26N2O4/c1-18(2,3)24-17(22)20-12-14(10-15(20)16(21)23-4)19-11-13-8-6-5-7-9-13/h5-9,14-15,19H,10-12H2,1-4H3. The largest absolute Gasteiger partial charge is 0.467 e. The summed E-state index contributed by atoms with van der Waals surface area (Å²) < 4.78 is 10.2. The van der Waals surface area contributed by atoms with E-state index in [4.69, 9.17) is 9.47 Å². The maximum Gasteiger partial charge on any atom is 0.411 e. The Balaban J connectivity index is 2.01. The van der Waals surface area contributed by atoms with E-state index < -0.39 is 23.7 Å². The lowest BCUT2D eigenvalue weighted by Gasteiger charge is -2.27. The van der Waals surface area contributed by atoms with Crippen molar-refractivity contribution in [1.29, 1.82) is 0 Å². The zero-order chi connectivity index (χ0) is 17.7. The topological polar surface area (TPSA) is 67.9 Å². The molecule has 132 valence electrons. The number of likely N-dealkylation sites (tertiary alicyclic amines) is 1. The number of nitrogens with zero attached hydrogens (tertiary/aromatic N) is 1. The molecule has 1 fully saturated rings. The van der Waals surface area contributed by atoms with E-state index in [1.54, 1.807) is 20.8 Å². The first-order valence-electron chi connectivity index (χ1n) is 8.15. The quantitative estimate of drug-likeness (QED) is 0.856. The Kier molecular flexibility index (Phi) is 5.83. The number of hydrogen-bond acceptors (Lipinski definition) is 5. The van der Waals surface area contributed by atoms with Crippen LogP contribution in [-0.2, 0) is 20.8 Å². The van der Waals surface area contributed by atoms with Gasteiger partial charge in [-0.05, 0) is 32.8 Å². The van der Waals surface area contributed by atoms with Crippen molar-refractivity contribution in [3.05, 3.63) is 35.9 Å². The SMILES string of the molecule is COC(=O)C1CC(NCc2ccccc2)CN1C(=O)OC(C)(C)C. The molecule has 24 heavy (non-hydrogen) atoms. The molecule has 1 N–H and O–H groups in total. The Labute approximate surface area is 143 Å². The van der Waals surface area contributed by atoms with E-state index in [0.717, 1.165) is 5.56 Å². The molecule has 0 radical (unpaired) electrons. The number of carbonyl (C=O) groups excluding carboxylic acids is 2. The molecule has 2 unspecified atom stereocenters. The highest BCUT2D eigenvalue weighted by molar-refractivity contribution is 5.82. The van der Waals surface area contributed by atoms with E-state index in [2.05, 4.69) is 5.32 Å². The average molecular weight is 334 g/mol. The molecule has 1 heterocycles. The Morgan fingerprint density at radius 2 is 1.92 bits per heavy atom. The van der Waals surface area contributed by atoms with Crippen molar-refractivity contribution in [2.75, 3.05) is 13.7 Å². The van der Waals surface area contributed by atoms with Crippen LogP contribution in [-0.4, -0.2) is 48.3 Å². The van der Waals surface area contributed by atoms with Crippen LogP contribution >= 0.6 is 0 Å². The summed E-state index contributed by atoms with van der Waals surface area (Å²) in [6, 6.07) is 9.40. The fourth-order valence-corrected chi connectivity index (χ4v) is 2.72. The van der Waals surface area contributed by atoms with Gasteiger partial charge in [0, 0.05) is 19.1 Å². The average Bonchev–Trinajstić information content (AvgIpc) is 2.96. The van der Waals surface area contributed by atoms with Crippen LogP contribution in [0.25, 0.3) is 0 Å². The van der Waals surface area contributed by atoms with Crippen molar-refractivity contribution < 1.29 is 19.1 Å². The summed E-state index contributed by atoms with van der Waals surface area (Å²) in [5.74, 6) is -0.412. The summed E-state index contributed by atoms with van der Waals surface area (Å²) in [4.78, 5) is 25.9. The molecular formula is C18H26N2O4. The van der Waals surface area contributed by atoms with Crippen LogP contribution < -0.4 is 5.32 Å². The number of carbonyl (C=O) groups is 2. The van der Waals surface area contributed by atoms with Crippen molar-refractivity contribution in [3.8, 4) is 0 Å². The van der Waals surface area contributed by atoms with Gasteiger partial charge >= 0.3 is 12.1 Å². The summed E-state index contributed by atoms with van der Waals surface area (Å²) in [7, 11) is 1.33. The molecule has 1 aliphatic rings. The second kappa shape index (κ2) is 7.66. The molecule has 0 spiro atoms. The van der Waals surface area contributed by atoms with E-state index in [-0.39, 0.29) is 6.04 Å². The van der Waals surface area contributed by atoms with E-state index in [9.17, 15) is 9.59 Å². The molecule has 0 aromatic heterocycles. The second-order valence-electron chi connectivity index (χ2n) is 6.97. The first-order valence-corrected chi connectivity index (χ1v) is 8.15. The Morgan fingerprint density at radius 3 is 2.50 bits per heavy atom. The smallest absolute Gasteiger partial charge is 0.411 e. The zero-order valence-corrected chi connectivity index (χ0v) is 14.7. The molecule has 0 bridgehead atoms. The normalized spacial score (nSPS) is 20.8. The third kappa shape index (κ3) is 4.96. The number of ether oxygens (including phenoxy) is 2. The lowest BCUT2D eigenvalue weighted by molar-refractivity contribution is -0.145. The summed E-state index contributed by atoms with van der Waals surface area (Å²) in [6.07, 6.45) is 0.0283. The van der Waals surface area contributed by atoms with Crippen LogP contribution in [0.1, 0.15) is 32.8 Å². The Bertz CT molecular complexity index is 568. The highest BCUT2D eigenvalue weighted by atomic mass is 16.6. The fourth-order valence-electron chi connectivity index (χ4n) is 2.72. The second-order valence-corrected chi connectivity index (χ2v) is 6.97. The molecule has 2 rings (SSSR count). The van der Waals surface area contributed by atoms with Gasteiger partial charge in [-0.3, -0.25) is 4.90 Å². The molecule has 1 aromatic carbocycles. The summed E-state index contributed by atoms with van der Waals surface area (Å²) in [6.45, 7) is 6.51. The summed E-state index contributed by atoms with van der Waals surface area (Å²) in [5.41, 5.74) is 0.552. The van der Waals surface area contributed by atoms with Crippen LogP contribution in [0.2, 0.25) is 0 Å². The van der Waals surface area contributed by atoms with Gasteiger partial charge in [-0.2, -0.15) is 0 Å². The van der Waals surface area contributed by atoms with Crippen molar-refractivity contribution >= 4 is 12.1 Å². The van der Waals surface area contributed by atoms with Crippen molar-refractivity contribution in [1.82, 2.24) is 10.2 Å². The molecular weight excluding hydrogens is 308 g/mol. The molecule has 2 atom stereocenters. The molecule has 1 aromatic rings. The third-order valence-electron chi connectivity index (χ3n) is 3.84. The van der Waals surface area contributed by atoms with Gasteiger partial charge in [0.05, 0.1) is 7.11 Å². The fraction of sp³-hybridized carbons (Fsp3) is 0.556. The highest BCUT2D eigenvalue weighted by Crippen LogP contribution is 2.22. The first kappa shape index (κ1) is 18.3. The van der Waals surface area contributed by atoms with Crippen molar-refractivity contribution in [3.63, 3.8) is 0 Å². The molecule has 6 nitrogen and oxygen atoms in total. The molecule has 1 amide bonds. The van der Waals surface area contributed by atoms with Crippen LogP contribution in [0.15, 0.2) is 30.3 Å². The van der Waals surface area contributed by atoms with Crippen LogP contribution in [0.5, 0.6) is 0 Å². The van der Waals surface area contributed by atoms with E-state index >= 15 is 0 Å². The van der Waals surface area contributed by atoms with Crippen LogP contribution in [0.4, 0.5) is 4.79 Å². The molecule has 1 aliphatic heterocycles. The molecule has 0 aliphatic carbocycles. The van der Waals surface area contributed by atoms with Crippen molar-refractivity contribution in [2.45, 2.75) is 51.4 Å². The van der Waals surface area contributed by atoms with Crippen LogP contribution in [0, 0.1) is 0 Å². The van der Waals surface area contributed by atoms with E-state index in [0.29, 0.717) is 19.5 Å². The van der Waals surface area contributed by atoms with E-state index in [1.807, 2.05) is 30.3 Å². The monoisotopic (exact) mass is 334 g/mol. The third-order valence-corrected chi connectivity index (χ3v) is 3.84. The molecule has 1 saturated heterocycles. The molecule has 0 saturated carbocycles. The number of esters is 1. The maximum absolute atomic E-state index is 12.4. The minimum atomic E-state index is -0.613. The number of hydrogen-bond donors (Lipinski definition) is 1. The van der Waals surface area contributed by atoms with Gasteiger partial charge in [0.1, 0.15) is 11.6 Å². The van der Waals surface area contributed by atoms with Gasteiger partial charge in [-0.15, -0.1) is 0 Å². The van der Waals surface area contributed by atoms with E-state index in [1.165, 1.54) is 12.0 Å². The predicted molar refractivity (Wildman–Crippen MR) is 90.4 cm³/mol. The van der Waals surface area contributed by atoms with Gasteiger partial charge in [-0.25, -0.2) is 9.59 Å². The lowest BCUT2D eigenvalue weighted by Crippen LogP contribution is -2.44. The number of benzene rings is 1. The number of methoxy groups -OCH3 is 1. The van der Waals surface area contributed by atoms with Crippen LogP contribution in [0.3, 0.4) is 0 Å². The number of nitrogens with one attached hydrogen (secondary N) is 1. The number of rotatable bonds is 4. The first-order chi connectivity index (χ1) is 11.3. The van der Waals surface area contributed by atoms with Gasteiger partial charge in [0.2, 0.25) is 0 Å². The summed E-state index contributed by atoms with van der Waals surface area (Å²) in [5, 5.41) is 3.40. The Hall–Kier alpha value is -2.08. The van der Waals surface area contributed by atoms with Gasteiger partial charge in [0.25, 0.3) is 0 Å². The summed E-state index contributed by atoms with van der Waals surface area (Å²) >= 11 is 0. The van der Waals surface area contributed by atoms with Gasteiger partial charge < -0.3 is 14.8 Å². The predicted octanol–water partition coefficient (Wildman–Crippen LogP) is 2.33.